The van der Waals surface area contributed by atoms with Gasteiger partial charge in [-0.15, -0.1) is 4.28 Å². The van der Waals surface area contributed by atoms with Crippen LogP contribution in [0.5, 0.6) is 0 Å². The van der Waals surface area contributed by atoms with Gasteiger partial charge in [0.25, 0.3) is 5.91 Å². The van der Waals surface area contributed by atoms with Gasteiger partial charge in [0.2, 0.25) is 0 Å². The predicted octanol–water partition coefficient (Wildman–Crippen LogP) is -1.76. The number of carbonyl (C=O) groups is 2. The molecule has 2 bridgehead atoms. The van der Waals surface area contributed by atoms with Gasteiger partial charge < -0.3 is 15.5 Å². The van der Waals surface area contributed by atoms with Crippen LogP contribution >= 0.6 is 0 Å². The summed E-state index contributed by atoms with van der Waals surface area (Å²) in [6, 6.07) is -1.89. The molecule has 14 heteroatoms. The molecule has 4 rings (SSSR count). The van der Waals surface area contributed by atoms with Crippen LogP contribution in [0.15, 0.2) is 0 Å². The van der Waals surface area contributed by atoms with Crippen LogP contribution in [0.25, 0.3) is 0 Å². The molecule has 4 aliphatic heterocycles. The van der Waals surface area contributed by atoms with E-state index in [0.29, 0.717) is 41.3 Å². The van der Waals surface area contributed by atoms with Crippen molar-refractivity contribution in [1.29, 1.82) is 0 Å². The number of amides is 3. The van der Waals surface area contributed by atoms with Crippen LogP contribution < -0.4 is 16.1 Å². The third-order valence-electron chi connectivity index (χ3n) is 6.18. The van der Waals surface area contributed by atoms with E-state index in [1.165, 1.54) is 22.2 Å². The Morgan fingerprint density at radius 2 is 2.06 bits per heavy atom. The van der Waals surface area contributed by atoms with Crippen LogP contribution in [-0.2, 0) is 35.2 Å². The smallest absolute Gasteiger partial charge is 0.311 e. The van der Waals surface area contributed by atoms with Gasteiger partial charge in [-0.1, -0.05) is 0 Å². The second-order valence-electron chi connectivity index (χ2n) is 8.43. The summed E-state index contributed by atoms with van der Waals surface area (Å²) in [5.74, 6) is 3.96. The molecular formula is C17H30N5O7S2+. The van der Waals surface area contributed by atoms with Gasteiger partial charge in [-0.05, 0) is 30.2 Å². The van der Waals surface area contributed by atoms with Crippen molar-refractivity contribution in [1.82, 2.24) is 26.1 Å². The quantitative estimate of drug-likeness (QED) is 0.180. The summed E-state index contributed by atoms with van der Waals surface area (Å²) in [6.45, 7) is 3.69. The Kier molecular flexibility index (Phi) is 7.25. The number of hydrogen-bond acceptors (Lipinski definition) is 8. The predicted molar refractivity (Wildman–Crippen MR) is 112 cm³/mol. The van der Waals surface area contributed by atoms with Crippen molar-refractivity contribution >= 4 is 33.2 Å². The first-order valence-electron chi connectivity index (χ1n) is 10.6. The molecule has 12 nitrogen and oxygen atoms in total. The summed E-state index contributed by atoms with van der Waals surface area (Å²) in [5.41, 5.74) is 2.44. The molecule has 4 fully saturated rings. The van der Waals surface area contributed by atoms with Crippen LogP contribution in [0.2, 0.25) is 0 Å². The Labute approximate surface area is 184 Å². The van der Waals surface area contributed by atoms with Crippen LogP contribution in [0, 0.1) is 5.92 Å². The van der Waals surface area contributed by atoms with Gasteiger partial charge in [0.15, 0.2) is 0 Å². The van der Waals surface area contributed by atoms with Crippen molar-refractivity contribution < 1.29 is 31.7 Å². The molecule has 0 aromatic carbocycles. The third-order valence-corrected chi connectivity index (χ3v) is 9.03. The van der Waals surface area contributed by atoms with E-state index in [-0.39, 0.29) is 12.6 Å². The van der Waals surface area contributed by atoms with Gasteiger partial charge in [0.05, 0.1) is 12.6 Å². The molecule has 3 amide bonds. The Hall–Kier alpha value is -1.16. The highest BCUT2D eigenvalue weighted by molar-refractivity contribution is 7.96. The van der Waals surface area contributed by atoms with E-state index < -0.39 is 34.4 Å². The number of fused-ring (bicyclic) bond motifs is 2. The van der Waals surface area contributed by atoms with E-state index in [2.05, 4.69) is 20.4 Å². The molecule has 31 heavy (non-hydrogen) atoms. The molecule has 176 valence electrons. The first kappa shape index (κ1) is 23.0. The fourth-order valence-electron chi connectivity index (χ4n) is 4.70. The minimum Gasteiger partial charge on any atom is -0.311 e. The molecule has 4 aliphatic rings. The average molecular weight is 481 g/mol. The first-order valence-corrected chi connectivity index (χ1v) is 13.7. The third kappa shape index (κ3) is 5.80. The maximum atomic E-state index is 12.5. The van der Waals surface area contributed by atoms with Crippen molar-refractivity contribution in [3.63, 3.8) is 0 Å². The van der Waals surface area contributed by atoms with Crippen molar-refractivity contribution in [2.75, 3.05) is 50.0 Å². The first-order chi connectivity index (χ1) is 14.8. The number of hydrogen-bond donors (Lipinski definition) is 4. The summed E-state index contributed by atoms with van der Waals surface area (Å²) >= 11 is 0. The average Bonchev–Trinajstić information content (AvgIpc) is 3.26. The summed E-state index contributed by atoms with van der Waals surface area (Å²) in [5, 5.41) is 7.47. The van der Waals surface area contributed by atoms with E-state index in [1.807, 2.05) is 0 Å². The summed E-state index contributed by atoms with van der Waals surface area (Å²) in [6.07, 6.45) is 1.74. The lowest BCUT2D eigenvalue weighted by Gasteiger charge is -2.29. The minimum absolute atomic E-state index is 0.149. The molecule has 4 heterocycles. The Bertz CT molecular complexity index is 779. The summed E-state index contributed by atoms with van der Waals surface area (Å²) < 4.78 is 35.1. The van der Waals surface area contributed by atoms with Gasteiger partial charge in [-0.25, -0.2) is 10.3 Å². The lowest BCUT2D eigenvalue weighted by Crippen LogP contribution is -2.50. The highest BCUT2D eigenvalue weighted by Crippen LogP contribution is 2.30. The SMILES string of the molecule is O=C(NOC[C@H]1C[C@H](C[S+]2CCNCC2)CN1)[C@@H]1CC[C@@H]2CN1C(=O)N2OS(=O)(=O)O. The standard InChI is InChI=1S/C17H29N5O7S2/c23-16(15-2-1-14-9-21(15)17(24)22(14)29-31(25,26)27)20-28-10-13-7-12(8-19-13)11-30-5-3-18-4-6-30/h12-15,18-19H,1-11H2,(H-,20,23,25,26,27)/p+1/t12-,13+,14+,15-/m0/s1. The summed E-state index contributed by atoms with van der Waals surface area (Å²) in [7, 11) is -4.31. The normalized spacial score (nSPS) is 32.0. The zero-order chi connectivity index (χ0) is 22.0. The molecule has 0 saturated carbocycles. The largest absolute Gasteiger partial charge is 0.418 e. The number of carbonyl (C=O) groups excluding carboxylic acids is 2. The van der Waals surface area contributed by atoms with E-state index >= 15 is 0 Å². The fourth-order valence-corrected chi connectivity index (χ4v) is 7.41. The maximum Gasteiger partial charge on any atom is 0.418 e. The van der Waals surface area contributed by atoms with E-state index in [4.69, 9.17) is 9.39 Å². The van der Waals surface area contributed by atoms with Crippen LogP contribution in [0.1, 0.15) is 19.3 Å². The second-order valence-corrected chi connectivity index (χ2v) is 11.8. The lowest BCUT2D eigenvalue weighted by molar-refractivity contribution is -0.139. The van der Waals surface area contributed by atoms with Gasteiger partial charge in [-0.3, -0.25) is 14.2 Å². The zero-order valence-corrected chi connectivity index (χ0v) is 18.8. The number of nitrogens with zero attached hydrogens (tertiary/aromatic N) is 2. The van der Waals surface area contributed by atoms with Gasteiger partial charge >= 0.3 is 16.4 Å². The van der Waals surface area contributed by atoms with Gasteiger partial charge in [0, 0.05) is 38.1 Å². The molecule has 0 aromatic heterocycles. The number of piperidine rings is 1. The molecule has 0 unspecified atom stereocenters. The van der Waals surface area contributed by atoms with Gasteiger partial charge in [-0.2, -0.15) is 13.5 Å². The van der Waals surface area contributed by atoms with E-state index in [0.717, 1.165) is 26.1 Å². The molecule has 4 N–H and O–H groups in total. The van der Waals surface area contributed by atoms with Crippen molar-refractivity contribution in [3.8, 4) is 0 Å². The van der Waals surface area contributed by atoms with Crippen molar-refractivity contribution in [2.45, 2.75) is 37.4 Å². The van der Waals surface area contributed by atoms with Crippen LogP contribution in [0.4, 0.5) is 4.79 Å². The fraction of sp³-hybridized carbons (Fsp3) is 0.882. The van der Waals surface area contributed by atoms with Gasteiger partial charge in [0.1, 0.15) is 23.3 Å². The minimum atomic E-state index is -4.81. The number of hydroxylamine groups is 3. The molecular weight excluding hydrogens is 450 g/mol. The molecule has 0 aliphatic carbocycles. The molecule has 0 aromatic rings. The number of urea groups is 1. The zero-order valence-electron chi connectivity index (χ0n) is 17.2. The monoisotopic (exact) mass is 480 g/mol. The maximum absolute atomic E-state index is 12.5. The molecule has 0 spiro atoms. The highest BCUT2D eigenvalue weighted by Gasteiger charge is 2.49. The molecule has 4 atom stereocenters. The highest BCUT2D eigenvalue weighted by atomic mass is 32.3. The topological polar surface area (TPSA) is 150 Å². The molecule has 0 radical (unpaired) electrons. The number of rotatable bonds is 8. The second kappa shape index (κ2) is 9.77. The lowest BCUT2D eigenvalue weighted by atomic mass is 10.0. The van der Waals surface area contributed by atoms with Crippen molar-refractivity contribution in [3.05, 3.63) is 0 Å². The number of nitrogens with one attached hydrogen (secondary N) is 3. The van der Waals surface area contributed by atoms with Crippen LogP contribution in [-0.4, -0.2) is 103 Å². The van der Waals surface area contributed by atoms with E-state index in [9.17, 15) is 18.0 Å². The Balaban J connectivity index is 1.19. The molecule has 4 saturated heterocycles. The van der Waals surface area contributed by atoms with Crippen molar-refractivity contribution in [2.24, 2.45) is 5.92 Å². The Morgan fingerprint density at radius 3 is 2.81 bits per heavy atom. The Morgan fingerprint density at radius 1 is 1.29 bits per heavy atom. The van der Waals surface area contributed by atoms with Crippen LogP contribution in [0.3, 0.4) is 0 Å². The summed E-state index contributed by atoms with van der Waals surface area (Å²) in [4.78, 5) is 31.6. The van der Waals surface area contributed by atoms with E-state index in [1.54, 1.807) is 0 Å².